The van der Waals surface area contributed by atoms with Crippen LogP contribution in [0, 0.1) is 0 Å². The van der Waals surface area contributed by atoms with E-state index in [0.29, 0.717) is 79.6 Å². The molecule has 0 aliphatic carbocycles. The first-order valence-corrected chi connectivity index (χ1v) is 20.6. The Hall–Kier alpha value is -3.64. The number of nitrogens with zero attached hydrogens (tertiary/aromatic N) is 5. The van der Waals surface area contributed by atoms with Gasteiger partial charge in [-0.3, -0.25) is 19.6 Å². The van der Waals surface area contributed by atoms with Crippen LogP contribution in [0.3, 0.4) is 0 Å². The summed E-state index contributed by atoms with van der Waals surface area (Å²) >= 11 is 12.7. The molecule has 0 saturated carbocycles. The lowest BCUT2D eigenvalue weighted by atomic mass is 9.82. The summed E-state index contributed by atoms with van der Waals surface area (Å²) in [6.07, 6.45) is 1.24. The van der Waals surface area contributed by atoms with Crippen LogP contribution >= 0.6 is 23.2 Å². The van der Waals surface area contributed by atoms with E-state index in [1.54, 1.807) is 9.80 Å². The predicted molar refractivity (Wildman–Crippen MR) is 208 cm³/mol. The van der Waals surface area contributed by atoms with Gasteiger partial charge in [0, 0.05) is 62.1 Å². The molecular formula is C39H49Cl2N5O5S. The van der Waals surface area contributed by atoms with Crippen LogP contribution in [0.1, 0.15) is 69.0 Å². The van der Waals surface area contributed by atoms with Crippen LogP contribution in [-0.2, 0) is 20.0 Å². The molecule has 2 atom stereocenters. The zero-order valence-electron chi connectivity index (χ0n) is 30.8. The van der Waals surface area contributed by atoms with Crippen LogP contribution in [0.4, 0.5) is 4.79 Å². The first kappa shape index (κ1) is 39.6. The van der Waals surface area contributed by atoms with Gasteiger partial charge >= 0.3 is 6.03 Å². The molecule has 0 radical (unpaired) electrons. The average molecular weight is 771 g/mol. The zero-order chi connectivity index (χ0) is 37.8. The maximum atomic E-state index is 14.9. The van der Waals surface area contributed by atoms with E-state index >= 15 is 0 Å². The van der Waals surface area contributed by atoms with E-state index in [9.17, 15) is 18.0 Å². The SMILES string of the molecule is CCOc1cc(C(C)(C)C(=O)N(CC)CC)ccc1C1=N[C@@H](c2ccc(Cl)cc2)[C@@H](c2ccc(Cl)cc2)N1C(=O)N1CCN(CCS(C)(=O)=O)CC1. The predicted octanol–water partition coefficient (Wildman–Crippen LogP) is 6.87. The molecule has 3 amide bonds. The molecule has 1 fully saturated rings. The number of urea groups is 1. The highest BCUT2D eigenvalue weighted by atomic mass is 35.5. The van der Waals surface area contributed by atoms with Gasteiger partial charge < -0.3 is 14.5 Å². The second kappa shape index (κ2) is 16.6. The number of carbonyl (C=O) groups excluding carboxylic acids is 2. The maximum Gasteiger partial charge on any atom is 0.326 e. The van der Waals surface area contributed by atoms with Gasteiger partial charge in [-0.2, -0.15) is 0 Å². The van der Waals surface area contributed by atoms with Crippen LogP contribution < -0.4 is 4.74 Å². The number of benzene rings is 3. The number of hydrogen-bond acceptors (Lipinski definition) is 7. The highest BCUT2D eigenvalue weighted by molar-refractivity contribution is 7.90. The number of sulfone groups is 1. The number of carbonyl (C=O) groups is 2. The summed E-state index contributed by atoms with van der Waals surface area (Å²) in [5.74, 6) is 1.06. The summed E-state index contributed by atoms with van der Waals surface area (Å²) in [7, 11) is -3.11. The number of amidine groups is 1. The Morgan fingerprint density at radius 1 is 0.885 bits per heavy atom. The Bertz CT molecular complexity index is 1870. The second-order valence-corrected chi connectivity index (χ2v) is 16.9. The molecule has 0 spiro atoms. The Morgan fingerprint density at radius 2 is 1.46 bits per heavy atom. The number of likely N-dealkylation sites (N-methyl/N-ethyl adjacent to an activating group) is 1. The van der Waals surface area contributed by atoms with Crippen molar-refractivity contribution in [3.8, 4) is 5.75 Å². The average Bonchev–Trinajstić information content (AvgIpc) is 3.52. The molecule has 5 rings (SSSR count). The van der Waals surface area contributed by atoms with Crippen molar-refractivity contribution in [3.63, 3.8) is 0 Å². The van der Waals surface area contributed by atoms with Crippen molar-refractivity contribution >= 4 is 50.8 Å². The number of halogens is 2. The number of amides is 3. The summed E-state index contributed by atoms with van der Waals surface area (Å²) in [5.41, 5.74) is 2.32. The topological polar surface area (TPSA) is 103 Å². The number of hydrogen-bond donors (Lipinski definition) is 0. The van der Waals surface area contributed by atoms with Crippen molar-refractivity contribution in [2.24, 2.45) is 4.99 Å². The fourth-order valence-corrected chi connectivity index (χ4v) is 7.71. The van der Waals surface area contributed by atoms with Crippen LogP contribution in [0.15, 0.2) is 71.7 Å². The van der Waals surface area contributed by atoms with E-state index in [-0.39, 0.29) is 17.7 Å². The molecule has 0 bridgehead atoms. The Morgan fingerprint density at radius 3 is 2.00 bits per heavy atom. The third-order valence-electron chi connectivity index (χ3n) is 9.95. The molecule has 1 saturated heterocycles. The minimum atomic E-state index is -3.11. The van der Waals surface area contributed by atoms with Gasteiger partial charge in [-0.05, 0) is 87.7 Å². The first-order valence-electron chi connectivity index (χ1n) is 17.8. The van der Waals surface area contributed by atoms with Gasteiger partial charge in [-0.25, -0.2) is 13.2 Å². The summed E-state index contributed by atoms with van der Waals surface area (Å²) in [6, 6.07) is 19.4. The number of rotatable bonds is 12. The molecule has 10 nitrogen and oxygen atoms in total. The van der Waals surface area contributed by atoms with Gasteiger partial charge in [0.15, 0.2) is 0 Å². The third kappa shape index (κ3) is 8.76. The fraction of sp³-hybridized carbons (Fsp3) is 0.462. The number of ether oxygens (including phenoxy) is 1. The fourth-order valence-electron chi connectivity index (χ4n) is 6.86. The van der Waals surface area contributed by atoms with Gasteiger partial charge in [0.25, 0.3) is 0 Å². The second-order valence-electron chi connectivity index (χ2n) is 13.8. The van der Waals surface area contributed by atoms with Crippen LogP contribution in [-0.4, -0.2) is 110 Å². The van der Waals surface area contributed by atoms with Crippen molar-refractivity contribution in [2.75, 3.05) is 64.4 Å². The normalized spacial score (nSPS) is 18.3. The molecule has 3 aromatic rings. The highest BCUT2D eigenvalue weighted by Crippen LogP contribution is 2.46. The molecular weight excluding hydrogens is 721 g/mol. The summed E-state index contributed by atoms with van der Waals surface area (Å²) < 4.78 is 30.0. The maximum absolute atomic E-state index is 14.9. The van der Waals surface area contributed by atoms with Crippen LogP contribution in [0.5, 0.6) is 5.75 Å². The molecule has 0 aromatic heterocycles. The summed E-state index contributed by atoms with van der Waals surface area (Å²) in [6.45, 7) is 13.6. The molecule has 2 aliphatic heterocycles. The van der Waals surface area contributed by atoms with Gasteiger partial charge in [-0.1, -0.05) is 53.5 Å². The van der Waals surface area contributed by atoms with Gasteiger partial charge in [0.2, 0.25) is 5.91 Å². The molecule has 3 aromatic carbocycles. The van der Waals surface area contributed by atoms with E-state index in [0.717, 1.165) is 16.7 Å². The molecule has 52 heavy (non-hydrogen) atoms. The third-order valence-corrected chi connectivity index (χ3v) is 11.4. The lowest BCUT2D eigenvalue weighted by Crippen LogP contribution is -2.54. The van der Waals surface area contributed by atoms with Gasteiger partial charge in [0.05, 0.1) is 29.4 Å². The monoisotopic (exact) mass is 769 g/mol. The van der Waals surface area contributed by atoms with E-state index < -0.39 is 27.3 Å². The zero-order valence-corrected chi connectivity index (χ0v) is 33.1. The number of piperazine rings is 1. The Kier molecular flexibility index (Phi) is 12.6. The Labute approximate surface area is 318 Å². The minimum absolute atomic E-state index is 0.0176. The van der Waals surface area contributed by atoms with Crippen molar-refractivity contribution in [1.82, 2.24) is 19.6 Å². The molecule has 13 heteroatoms. The molecule has 2 heterocycles. The molecule has 280 valence electrons. The van der Waals surface area contributed by atoms with E-state index in [2.05, 4.69) is 4.90 Å². The van der Waals surface area contributed by atoms with Crippen molar-refractivity contribution in [1.29, 1.82) is 0 Å². The van der Waals surface area contributed by atoms with E-state index in [1.165, 1.54) is 6.26 Å². The largest absolute Gasteiger partial charge is 0.493 e. The summed E-state index contributed by atoms with van der Waals surface area (Å²) in [4.78, 5) is 41.4. The van der Waals surface area contributed by atoms with E-state index in [4.69, 9.17) is 32.9 Å². The standard InChI is InChI=1S/C39H49Cl2N5O5S/c1-7-44(8-2)37(47)39(4,5)29-14-19-32(33(26-29)51-9-3)36-42-34(27-10-15-30(40)16-11-27)35(28-12-17-31(41)18-13-28)46(36)38(48)45-22-20-43(21-23-45)24-25-52(6,49)50/h10-19,26,34-35H,7-9,20-25H2,1-6H3/t34-,35+/m0/s1. The smallest absolute Gasteiger partial charge is 0.326 e. The van der Waals surface area contributed by atoms with Gasteiger partial charge in [0.1, 0.15) is 27.5 Å². The molecule has 0 unspecified atom stereocenters. The van der Waals surface area contributed by atoms with Crippen LogP contribution in [0.2, 0.25) is 10.0 Å². The Balaban J connectivity index is 1.62. The quantitative estimate of drug-likeness (QED) is 0.200. The lowest BCUT2D eigenvalue weighted by Gasteiger charge is -2.39. The van der Waals surface area contributed by atoms with Gasteiger partial charge in [-0.15, -0.1) is 0 Å². The molecule has 2 aliphatic rings. The van der Waals surface area contributed by atoms with E-state index in [1.807, 2.05) is 106 Å². The van der Waals surface area contributed by atoms with Crippen molar-refractivity contribution in [2.45, 2.75) is 52.1 Å². The summed E-state index contributed by atoms with van der Waals surface area (Å²) in [5, 5.41) is 1.16. The molecule has 0 N–H and O–H groups in total. The lowest BCUT2D eigenvalue weighted by molar-refractivity contribution is -0.135. The first-order chi connectivity index (χ1) is 24.7. The minimum Gasteiger partial charge on any atom is -0.493 e. The van der Waals surface area contributed by atoms with Crippen molar-refractivity contribution in [3.05, 3.63) is 99.0 Å². The van der Waals surface area contributed by atoms with Crippen LogP contribution in [0.25, 0.3) is 0 Å². The van der Waals surface area contributed by atoms with Crippen molar-refractivity contribution < 1.29 is 22.7 Å². The number of aliphatic imine (C=N–C) groups is 1. The highest BCUT2D eigenvalue weighted by Gasteiger charge is 2.45.